The van der Waals surface area contributed by atoms with Crippen molar-refractivity contribution < 1.29 is 14.3 Å². The minimum absolute atomic E-state index is 0.179. The standard InChI is InChI=1S/C31H33N5O4/c1-40-26-16-9-8-15-25(26)36-27(23-11-4-2-5-12-23)28(30(38)34-21-18-32-19-22-34)35(31(36)39)20-10-17-33-29(37)24-13-6-3-7-14-24/h2-9,11-16,32H,10,17-22H2,1H3,(H,33,37). The second kappa shape index (κ2) is 12.5. The first-order chi connectivity index (χ1) is 19.6. The molecular weight excluding hydrogens is 506 g/mol. The molecule has 1 fully saturated rings. The van der Waals surface area contributed by atoms with E-state index >= 15 is 0 Å². The molecule has 0 atom stereocenters. The normalized spacial score (nSPS) is 13.2. The molecule has 206 valence electrons. The lowest BCUT2D eigenvalue weighted by molar-refractivity contribution is 0.0724. The Bertz CT molecular complexity index is 1520. The molecule has 1 aliphatic rings. The Morgan fingerprint density at radius 2 is 1.55 bits per heavy atom. The molecule has 9 heteroatoms. The maximum absolute atomic E-state index is 14.2. The Hall–Kier alpha value is -4.63. The minimum Gasteiger partial charge on any atom is -0.495 e. The summed E-state index contributed by atoms with van der Waals surface area (Å²) >= 11 is 0. The summed E-state index contributed by atoms with van der Waals surface area (Å²) in [4.78, 5) is 42.6. The Kier molecular flexibility index (Phi) is 8.41. The Balaban J connectivity index is 1.57. The molecule has 40 heavy (non-hydrogen) atoms. The van der Waals surface area contributed by atoms with E-state index in [0.717, 1.165) is 5.56 Å². The van der Waals surface area contributed by atoms with Crippen LogP contribution in [0, 0.1) is 0 Å². The van der Waals surface area contributed by atoms with Gasteiger partial charge in [0.15, 0.2) is 0 Å². The number of piperazine rings is 1. The Morgan fingerprint density at radius 1 is 0.900 bits per heavy atom. The average Bonchev–Trinajstić information content (AvgIpc) is 3.31. The second-order valence-corrected chi connectivity index (χ2v) is 9.52. The number of rotatable bonds is 9. The maximum Gasteiger partial charge on any atom is 0.334 e. The fourth-order valence-corrected chi connectivity index (χ4v) is 5.02. The SMILES string of the molecule is COc1ccccc1-n1c(-c2ccccc2)c(C(=O)N2CCNCC2)n(CCCNC(=O)c2ccccc2)c1=O. The van der Waals surface area contributed by atoms with Crippen LogP contribution in [0.3, 0.4) is 0 Å². The van der Waals surface area contributed by atoms with Crippen LogP contribution in [-0.2, 0) is 6.54 Å². The quantitative estimate of drug-likeness (QED) is 0.319. The molecular formula is C31H33N5O4. The summed E-state index contributed by atoms with van der Waals surface area (Å²) in [7, 11) is 1.56. The first-order valence-corrected chi connectivity index (χ1v) is 13.5. The molecule has 1 saturated heterocycles. The predicted molar refractivity (Wildman–Crippen MR) is 154 cm³/mol. The summed E-state index contributed by atoms with van der Waals surface area (Å²) in [5.74, 6) is 0.149. The smallest absolute Gasteiger partial charge is 0.334 e. The van der Waals surface area contributed by atoms with Crippen LogP contribution in [0.1, 0.15) is 27.3 Å². The molecule has 2 heterocycles. The molecule has 2 N–H and O–H groups in total. The summed E-state index contributed by atoms with van der Waals surface area (Å²) in [6.07, 6.45) is 0.463. The minimum atomic E-state index is -0.337. The number of para-hydroxylation sites is 2. The van der Waals surface area contributed by atoms with Crippen LogP contribution in [0.2, 0.25) is 0 Å². The van der Waals surface area contributed by atoms with Gasteiger partial charge in [0.25, 0.3) is 11.8 Å². The summed E-state index contributed by atoms with van der Waals surface area (Å²) < 4.78 is 8.74. The number of ether oxygens (including phenoxy) is 1. The highest BCUT2D eigenvalue weighted by atomic mass is 16.5. The van der Waals surface area contributed by atoms with Crippen LogP contribution in [0.4, 0.5) is 0 Å². The maximum atomic E-state index is 14.2. The molecule has 5 rings (SSSR count). The summed E-state index contributed by atoms with van der Waals surface area (Å²) in [6.45, 7) is 3.08. The topological polar surface area (TPSA) is 97.6 Å². The molecule has 1 aromatic heterocycles. The van der Waals surface area contributed by atoms with Crippen molar-refractivity contribution in [2.45, 2.75) is 13.0 Å². The molecule has 2 amide bonds. The van der Waals surface area contributed by atoms with Crippen LogP contribution in [-0.4, -0.2) is 65.7 Å². The van der Waals surface area contributed by atoms with Gasteiger partial charge < -0.3 is 20.3 Å². The third kappa shape index (κ3) is 5.55. The zero-order chi connectivity index (χ0) is 27.9. The number of hydrogen-bond donors (Lipinski definition) is 2. The van der Waals surface area contributed by atoms with E-state index in [4.69, 9.17) is 4.74 Å². The van der Waals surface area contributed by atoms with Crippen LogP contribution in [0.15, 0.2) is 89.7 Å². The molecule has 9 nitrogen and oxygen atoms in total. The van der Waals surface area contributed by atoms with Crippen LogP contribution >= 0.6 is 0 Å². The van der Waals surface area contributed by atoms with Crippen molar-refractivity contribution in [2.75, 3.05) is 39.8 Å². The zero-order valence-corrected chi connectivity index (χ0v) is 22.5. The number of hydrogen-bond acceptors (Lipinski definition) is 5. The number of carbonyl (C=O) groups excluding carboxylic acids is 2. The number of nitrogens with one attached hydrogen (secondary N) is 2. The van der Waals surface area contributed by atoms with Crippen molar-refractivity contribution in [3.63, 3.8) is 0 Å². The predicted octanol–water partition coefficient (Wildman–Crippen LogP) is 3.18. The van der Waals surface area contributed by atoms with Crippen LogP contribution in [0.5, 0.6) is 5.75 Å². The van der Waals surface area contributed by atoms with Crippen LogP contribution < -0.4 is 21.1 Å². The van der Waals surface area contributed by atoms with Crippen molar-refractivity contribution in [1.29, 1.82) is 0 Å². The molecule has 1 aliphatic heterocycles. The molecule has 0 unspecified atom stereocenters. The molecule has 4 aromatic rings. The summed E-state index contributed by atoms with van der Waals surface area (Å²) in [5, 5.41) is 6.20. The third-order valence-electron chi connectivity index (χ3n) is 7.00. The van der Waals surface area contributed by atoms with E-state index in [0.29, 0.717) is 67.5 Å². The van der Waals surface area contributed by atoms with Crippen molar-refractivity contribution >= 4 is 11.8 Å². The molecule has 3 aromatic carbocycles. The van der Waals surface area contributed by atoms with Gasteiger partial charge in [0.1, 0.15) is 11.4 Å². The first-order valence-electron chi connectivity index (χ1n) is 13.5. The van der Waals surface area contributed by atoms with Gasteiger partial charge in [0.05, 0.1) is 18.5 Å². The van der Waals surface area contributed by atoms with Crippen LogP contribution in [0.25, 0.3) is 16.9 Å². The van der Waals surface area contributed by atoms with E-state index in [9.17, 15) is 14.4 Å². The van der Waals surface area contributed by atoms with E-state index in [1.165, 1.54) is 0 Å². The van der Waals surface area contributed by atoms with E-state index in [1.807, 2.05) is 66.7 Å². The van der Waals surface area contributed by atoms with Crippen molar-refractivity contribution in [2.24, 2.45) is 0 Å². The van der Waals surface area contributed by atoms with Gasteiger partial charge in [-0.3, -0.25) is 18.7 Å². The monoisotopic (exact) mass is 539 g/mol. The largest absolute Gasteiger partial charge is 0.495 e. The van der Waals surface area contributed by atoms with Crippen molar-refractivity contribution in [1.82, 2.24) is 24.7 Å². The number of methoxy groups -OCH3 is 1. The number of imidazole rings is 1. The number of carbonyl (C=O) groups is 2. The van der Waals surface area contributed by atoms with Gasteiger partial charge in [0.2, 0.25) is 0 Å². The second-order valence-electron chi connectivity index (χ2n) is 9.52. The lowest BCUT2D eigenvalue weighted by Gasteiger charge is -2.28. The average molecular weight is 540 g/mol. The third-order valence-corrected chi connectivity index (χ3v) is 7.00. The summed E-state index contributed by atoms with van der Waals surface area (Å²) in [6, 6.07) is 25.8. The highest BCUT2D eigenvalue weighted by molar-refractivity contribution is 5.99. The Labute approximate surface area is 233 Å². The van der Waals surface area contributed by atoms with Gasteiger partial charge in [-0.25, -0.2) is 4.79 Å². The highest BCUT2D eigenvalue weighted by Crippen LogP contribution is 2.31. The lowest BCUT2D eigenvalue weighted by atomic mass is 10.1. The zero-order valence-electron chi connectivity index (χ0n) is 22.5. The van der Waals surface area contributed by atoms with Gasteiger partial charge in [-0.05, 0) is 30.7 Å². The number of nitrogens with zero attached hydrogens (tertiary/aromatic N) is 3. The van der Waals surface area contributed by atoms with E-state index in [1.54, 1.807) is 39.3 Å². The highest BCUT2D eigenvalue weighted by Gasteiger charge is 2.31. The molecule has 0 saturated carbocycles. The molecule has 0 aliphatic carbocycles. The number of benzene rings is 3. The number of aromatic nitrogens is 2. The molecule has 0 bridgehead atoms. The fourth-order valence-electron chi connectivity index (χ4n) is 5.02. The van der Waals surface area contributed by atoms with Gasteiger partial charge >= 0.3 is 5.69 Å². The first kappa shape index (κ1) is 27.0. The fraction of sp³-hybridized carbons (Fsp3) is 0.258. The van der Waals surface area contributed by atoms with Gasteiger partial charge in [-0.1, -0.05) is 60.7 Å². The van der Waals surface area contributed by atoms with Gasteiger partial charge in [-0.15, -0.1) is 0 Å². The molecule has 0 spiro atoms. The Morgan fingerprint density at radius 3 is 2.25 bits per heavy atom. The van der Waals surface area contributed by atoms with Gasteiger partial charge in [0, 0.05) is 50.4 Å². The lowest BCUT2D eigenvalue weighted by Crippen LogP contribution is -2.47. The number of amides is 2. The van der Waals surface area contributed by atoms with E-state index in [-0.39, 0.29) is 24.0 Å². The van der Waals surface area contributed by atoms with E-state index in [2.05, 4.69) is 10.6 Å². The van der Waals surface area contributed by atoms with E-state index < -0.39 is 0 Å². The molecule has 0 radical (unpaired) electrons. The van der Waals surface area contributed by atoms with Gasteiger partial charge in [-0.2, -0.15) is 0 Å². The summed E-state index contributed by atoms with van der Waals surface area (Å²) in [5.41, 5.74) is 2.39. The van der Waals surface area contributed by atoms with Crippen molar-refractivity contribution in [3.8, 4) is 22.7 Å². The van der Waals surface area contributed by atoms with Crippen molar-refractivity contribution in [3.05, 3.63) is 107 Å².